The van der Waals surface area contributed by atoms with Crippen molar-refractivity contribution in [1.29, 1.82) is 0 Å². The molecule has 11 nitrogen and oxygen atoms in total. The Kier molecular flexibility index (Phi) is 8.76. The molecule has 1 aromatic heterocycles. The Balaban J connectivity index is 1.34. The number of hydrogen-bond donors (Lipinski definition) is 2. The summed E-state index contributed by atoms with van der Waals surface area (Å²) in [5.74, 6) is -0.791. The SMILES string of the molecule is COc1ccc(-c2nc(O[C@@H]3C[C@H]4C(=O)N[C@]5(C(=O)O)C[C@H]5CCCCCCN(C)C(=O)[C@@H]4C3)c3ccc(OC)c(C)c3n2)cc1. The van der Waals surface area contributed by atoms with Crippen molar-refractivity contribution in [2.24, 2.45) is 17.8 Å². The number of rotatable bonds is 6. The number of benzene rings is 2. The number of nitrogens with one attached hydrogen (secondary N) is 1. The average molecular weight is 631 g/mol. The Labute approximate surface area is 268 Å². The van der Waals surface area contributed by atoms with E-state index in [0.29, 0.717) is 53.5 Å². The zero-order valence-corrected chi connectivity index (χ0v) is 26.9. The van der Waals surface area contributed by atoms with Crippen molar-refractivity contribution >= 4 is 28.7 Å². The van der Waals surface area contributed by atoms with Gasteiger partial charge in [-0.2, -0.15) is 4.98 Å². The Hall–Kier alpha value is -4.41. The van der Waals surface area contributed by atoms with Gasteiger partial charge in [-0.3, -0.25) is 9.59 Å². The number of hydrogen-bond acceptors (Lipinski definition) is 8. The molecule has 2 heterocycles. The van der Waals surface area contributed by atoms with Crippen LogP contribution in [0.3, 0.4) is 0 Å². The van der Waals surface area contributed by atoms with Gasteiger partial charge in [-0.15, -0.1) is 0 Å². The van der Waals surface area contributed by atoms with Crippen LogP contribution >= 0.6 is 0 Å². The van der Waals surface area contributed by atoms with Crippen LogP contribution in [0.1, 0.15) is 56.9 Å². The molecule has 2 aromatic carbocycles. The molecule has 0 radical (unpaired) electrons. The summed E-state index contributed by atoms with van der Waals surface area (Å²) in [4.78, 5) is 51.4. The molecule has 2 saturated carbocycles. The molecule has 3 aromatic rings. The number of aryl methyl sites for hydroxylation is 1. The van der Waals surface area contributed by atoms with Gasteiger partial charge in [0, 0.05) is 24.7 Å². The van der Waals surface area contributed by atoms with E-state index in [1.54, 1.807) is 26.2 Å². The van der Waals surface area contributed by atoms with E-state index in [-0.39, 0.29) is 18.2 Å². The van der Waals surface area contributed by atoms with Gasteiger partial charge in [-0.25, -0.2) is 9.78 Å². The number of aliphatic carboxylic acids is 1. The van der Waals surface area contributed by atoms with E-state index in [2.05, 4.69) is 5.32 Å². The fourth-order valence-electron chi connectivity index (χ4n) is 7.22. The maximum absolute atomic E-state index is 13.8. The maximum atomic E-state index is 13.8. The molecule has 3 fully saturated rings. The highest BCUT2D eigenvalue weighted by atomic mass is 16.5. The number of carboxylic acids is 1. The van der Waals surface area contributed by atoms with Crippen LogP contribution in [-0.2, 0) is 14.4 Å². The van der Waals surface area contributed by atoms with Crippen LogP contribution in [0.2, 0.25) is 0 Å². The second-order valence-corrected chi connectivity index (χ2v) is 12.9. The van der Waals surface area contributed by atoms with Crippen molar-refractivity contribution in [3.05, 3.63) is 42.0 Å². The fraction of sp³-hybridized carbons (Fsp3) is 0.514. The lowest BCUT2D eigenvalue weighted by atomic mass is 9.92. The van der Waals surface area contributed by atoms with Gasteiger partial charge in [-0.1, -0.05) is 19.3 Å². The van der Waals surface area contributed by atoms with Gasteiger partial charge in [0.1, 0.15) is 23.1 Å². The summed E-state index contributed by atoms with van der Waals surface area (Å²) in [7, 11) is 5.00. The molecule has 0 spiro atoms. The number of carbonyl (C=O) groups excluding carboxylic acids is 2. The zero-order valence-electron chi connectivity index (χ0n) is 26.9. The van der Waals surface area contributed by atoms with E-state index < -0.39 is 35.4 Å². The highest BCUT2D eigenvalue weighted by molar-refractivity contribution is 5.94. The summed E-state index contributed by atoms with van der Waals surface area (Å²) in [6.45, 7) is 2.54. The predicted molar refractivity (Wildman–Crippen MR) is 171 cm³/mol. The van der Waals surface area contributed by atoms with Crippen molar-refractivity contribution in [2.45, 2.75) is 69.9 Å². The topological polar surface area (TPSA) is 140 Å². The first-order chi connectivity index (χ1) is 22.1. The number of carbonyl (C=O) groups is 3. The number of methoxy groups -OCH3 is 2. The zero-order chi connectivity index (χ0) is 32.6. The lowest BCUT2D eigenvalue weighted by Crippen LogP contribution is -2.49. The van der Waals surface area contributed by atoms with Crippen molar-refractivity contribution < 1.29 is 33.7 Å². The molecule has 3 aliphatic rings. The quantitative estimate of drug-likeness (QED) is 0.394. The Bertz CT molecular complexity index is 1640. The first-order valence-electron chi connectivity index (χ1n) is 16.1. The van der Waals surface area contributed by atoms with Crippen LogP contribution in [-0.4, -0.2) is 77.2 Å². The number of carboxylic acid groups (broad SMARTS) is 1. The summed E-state index contributed by atoms with van der Waals surface area (Å²) in [6, 6.07) is 11.1. The monoisotopic (exact) mass is 630 g/mol. The third-order valence-electron chi connectivity index (χ3n) is 10.1. The highest BCUT2D eigenvalue weighted by Gasteiger charge is 2.62. The largest absolute Gasteiger partial charge is 0.497 e. The van der Waals surface area contributed by atoms with Crippen molar-refractivity contribution in [2.75, 3.05) is 27.8 Å². The Morgan fingerprint density at radius 1 is 0.978 bits per heavy atom. The van der Waals surface area contributed by atoms with Crippen LogP contribution in [0.4, 0.5) is 0 Å². The molecule has 5 atom stereocenters. The molecule has 6 rings (SSSR count). The minimum Gasteiger partial charge on any atom is -0.497 e. The van der Waals surface area contributed by atoms with E-state index in [1.807, 2.05) is 43.3 Å². The fourth-order valence-corrected chi connectivity index (χ4v) is 7.22. The molecule has 0 bridgehead atoms. The maximum Gasteiger partial charge on any atom is 0.329 e. The standard InChI is InChI=1S/C35H42N4O7/c1-20-28(45-4)15-14-25-29(20)36-30(21-10-12-23(44-3)13-11-21)37-32(25)46-24-17-26-27(18-24)33(41)39(2)16-8-6-5-7-9-22-19-35(22,34(42)43)38-31(26)40/h10-15,22,24,26-27H,5-9,16-19H2,1-4H3,(H,38,40)(H,42,43)/t22-,24-,26-,27-,35-/m1/s1. The third kappa shape index (κ3) is 5.94. The Morgan fingerprint density at radius 2 is 1.72 bits per heavy atom. The Morgan fingerprint density at radius 3 is 2.43 bits per heavy atom. The van der Waals surface area contributed by atoms with Gasteiger partial charge < -0.3 is 29.5 Å². The van der Waals surface area contributed by atoms with Crippen molar-refractivity contribution in [3.63, 3.8) is 0 Å². The minimum absolute atomic E-state index is 0.0915. The summed E-state index contributed by atoms with van der Waals surface area (Å²) < 4.78 is 17.5. The summed E-state index contributed by atoms with van der Waals surface area (Å²) in [6.07, 6.45) is 4.97. The normalized spacial score (nSPS) is 26.8. The number of amides is 2. The van der Waals surface area contributed by atoms with E-state index in [4.69, 9.17) is 24.2 Å². The van der Waals surface area contributed by atoms with Crippen molar-refractivity contribution in [3.8, 4) is 28.8 Å². The first kappa shape index (κ1) is 31.6. The van der Waals surface area contributed by atoms with Gasteiger partial charge in [0.25, 0.3) is 0 Å². The summed E-state index contributed by atoms with van der Waals surface area (Å²) >= 11 is 0. The molecule has 244 valence electrons. The van der Waals surface area contributed by atoms with E-state index in [1.165, 1.54) is 0 Å². The van der Waals surface area contributed by atoms with Crippen LogP contribution in [0.25, 0.3) is 22.3 Å². The second kappa shape index (κ2) is 12.8. The lowest BCUT2D eigenvalue weighted by molar-refractivity contribution is -0.145. The molecular formula is C35H42N4O7. The van der Waals surface area contributed by atoms with Gasteiger partial charge in [0.05, 0.1) is 37.0 Å². The van der Waals surface area contributed by atoms with Gasteiger partial charge in [0.2, 0.25) is 17.7 Å². The van der Waals surface area contributed by atoms with Crippen LogP contribution in [0.5, 0.6) is 17.4 Å². The van der Waals surface area contributed by atoms with Crippen molar-refractivity contribution in [1.82, 2.24) is 20.2 Å². The second-order valence-electron chi connectivity index (χ2n) is 12.9. The van der Waals surface area contributed by atoms with Crippen LogP contribution in [0.15, 0.2) is 36.4 Å². The molecule has 2 N–H and O–H groups in total. The molecular weight excluding hydrogens is 588 g/mol. The molecule has 1 saturated heterocycles. The van der Waals surface area contributed by atoms with Crippen LogP contribution in [0, 0.1) is 24.7 Å². The number of nitrogens with zero attached hydrogens (tertiary/aromatic N) is 3. The molecule has 2 amide bonds. The smallest absolute Gasteiger partial charge is 0.329 e. The number of aromatic nitrogens is 2. The summed E-state index contributed by atoms with van der Waals surface area (Å²) in [5.41, 5.74) is 1.01. The van der Waals surface area contributed by atoms with Gasteiger partial charge >= 0.3 is 5.97 Å². The molecule has 46 heavy (non-hydrogen) atoms. The summed E-state index contributed by atoms with van der Waals surface area (Å²) in [5, 5.41) is 13.7. The van der Waals surface area contributed by atoms with E-state index >= 15 is 0 Å². The third-order valence-corrected chi connectivity index (χ3v) is 10.1. The number of fused-ring (bicyclic) bond motifs is 3. The van der Waals surface area contributed by atoms with Crippen LogP contribution < -0.4 is 19.5 Å². The minimum atomic E-state index is -1.26. The lowest BCUT2D eigenvalue weighted by Gasteiger charge is -2.26. The molecule has 2 aliphatic carbocycles. The molecule has 0 unspecified atom stereocenters. The van der Waals surface area contributed by atoms with E-state index in [9.17, 15) is 19.5 Å². The van der Waals surface area contributed by atoms with Gasteiger partial charge in [0.15, 0.2) is 5.82 Å². The average Bonchev–Trinajstić information content (AvgIpc) is 3.59. The van der Waals surface area contributed by atoms with E-state index in [0.717, 1.165) is 43.2 Å². The molecule has 11 heteroatoms. The predicted octanol–water partition coefficient (Wildman–Crippen LogP) is 4.78. The number of ether oxygens (including phenoxy) is 3. The highest BCUT2D eigenvalue weighted by Crippen LogP contribution is 2.48. The van der Waals surface area contributed by atoms with Gasteiger partial charge in [-0.05, 0) is 81.3 Å². The molecule has 1 aliphatic heterocycles. The first-order valence-corrected chi connectivity index (χ1v) is 16.1.